The largest absolute Gasteiger partial charge is 0.495 e. The Balaban J connectivity index is 2.53. The number of rotatable bonds is 6. The van der Waals surface area contributed by atoms with Crippen molar-refractivity contribution in [1.29, 1.82) is 0 Å². The molecule has 4 heteroatoms. The van der Waals surface area contributed by atoms with E-state index in [1.165, 1.54) is 0 Å². The van der Waals surface area contributed by atoms with Gasteiger partial charge in [0, 0.05) is 20.3 Å². The number of para-hydroxylation sites is 1. The molecule has 1 aromatic carbocycles. The molecule has 0 saturated heterocycles. The van der Waals surface area contributed by atoms with Gasteiger partial charge in [-0.3, -0.25) is 0 Å². The Morgan fingerprint density at radius 3 is 2.80 bits per heavy atom. The summed E-state index contributed by atoms with van der Waals surface area (Å²) in [5.74, 6) is 0.701. The lowest BCUT2D eigenvalue weighted by Crippen LogP contribution is -2.07. The number of nitrogens with two attached hydrogens (primary N) is 1. The number of anilines is 2. The standard InChI is InChI=1S/C11H18N2O2/c1-14-8-4-7-13-9-5-3-6-10(15-2)11(9)12/h3,5-6,13H,4,7-8,12H2,1-2H3. The highest BCUT2D eigenvalue weighted by atomic mass is 16.5. The molecule has 15 heavy (non-hydrogen) atoms. The van der Waals surface area contributed by atoms with Gasteiger partial charge in [0.05, 0.1) is 18.5 Å². The van der Waals surface area contributed by atoms with Crippen molar-refractivity contribution in [3.63, 3.8) is 0 Å². The Kier molecular flexibility index (Phi) is 4.77. The minimum atomic E-state index is 0.650. The summed E-state index contributed by atoms with van der Waals surface area (Å²) >= 11 is 0. The highest BCUT2D eigenvalue weighted by Gasteiger charge is 2.03. The minimum Gasteiger partial charge on any atom is -0.495 e. The molecule has 0 heterocycles. The molecule has 0 bridgehead atoms. The maximum atomic E-state index is 5.89. The Morgan fingerprint density at radius 2 is 2.13 bits per heavy atom. The van der Waals surface area contributed by atoms with E-state index in [-0.39, 0.29) is 0 Å². The number of nitrogens with one attached hydrogen (secondary N) is 1. The lowest BCUT2D eigenvalue weighted by atomic mass is 10.2. The van der Waals surface area contributed by atoms with E-state index in [1.807, 2.05) is 18.2 Å². The smallest absolute Gasteiger partial charge is 0.143 e. The van der Waals surface area contributed by atoms with E-state index in [1.54, 1.807) is 14.2 Å². The zero-order chi connectivity index (χ0) is 11.1. The predicted octanol–water partition coefficient (Wildman–Crippen LogP) is 1.73. The topological polar surface area (TPSA) is 56.5 Å². The van der Waals surface area contributed by atoms with Gasteiger partial charge in [-0.15, -0.1) is 0 Å². The van der Waals surface area contributed by atoms with Crippen molar-refractivity contribution in [1.82, 2.24) is 0 Å². The maximum Gasteiger partial charge on any atom is 0.143 e. The molecule has 1 aromatic rings. The fraction of sp³-hybridized carbons (Fsp3) is 0.455. The summed E-state index contributed by atoms with van der Waals surface area (Å²) in [6.07, 6.45) is 0.952. The van der Waals surface area contributed by atoms with Crippen LogP contribution in [0.4, 0.5) is 11.4 Å². The molecule has 0 aliphatic heterocycles. The summed E-state index contributed by atoms with van der Waals surface area (Å²) in [4.78, 5) is 0. The van der Waals surface area contributed by atoms with Crippen LogP contribution in [0.3, 0.4) is 0 Å². The average Bonchev–Trinajstić information content (AvgIpc) is 2.26. The van der Waals surface area contributed by atoms with Crippen LogP contribution in [-0.4, -0.2) is 27.4 Å². The van der Waals surface area contributed by atoms with E-state index in [2.05, 4.69) is 5.32 Å². The first-order chi connectivity index (χ1) is 7.29. The van der Waals surface area contributed by atoms with E-state index >= 15 is 0 Å². The van der Waals surface area contributed by atoms with Crippen LogP contribution in [0.2, 0.25) is 0 Å². The van der Waals surface area contributed by atoms with Gasteiger partial charge in [-0.05, 0) is 18.6 Å². The molecule has 0 unspecified atom stereocenters. The van der Waals surface area contributed by atoms with Crippen molar-refractivity contribution < 1.29 is 9.47 Å². The first-order valence-electron chi connectivity index (χ1n) is 4.95. The third-order valence-electron chi connectivity index (χ3n) is 2.13. The number of benzene rings is 1. The van der Waals surface area contributed by atoms with E-state index in [0.717, 1.165) is 25.3 Å². The van der Waals surface area contributed by atoms with Crippen LogP contribution in [0.5, 0.6) is 5.75 Å². The maximum absolute atomic E-state index is 5.89. The van der Waals surface area contributed by atoms with E-state index in [0.29, 0.717) is 11.4 Å². The zero-order valence-corrected chi connectivity index (χ0v) is 9.25. The molecular formula is C11H18N2O2. The quantitative estimate of drug-likeness (QED) is 0.554. The zero-order valence-electron chi connectivity index (χ0n) is 9.25. The molecule has 0 aliphatic rings. The third kappa shape index (κ3) is 3.32. The molecule has 0 aromatic heterocycles. The van der Waals surface area contributed by atoms with Crippen LogP contribution < -0.4 is 15.8 Å². The van der Waals surface area contributed by atoms with Crippen LogP contribution in [0.15, 0.2) is 18.2 Å². The monoisotopic (exact) mass is 210 g/mol. The molecule has 1 rings (SSSR count). The molecule has 0 amide bonds. The lowest BCUT2D eigenvalue weighted by Gasteiger charge is -2.11. The molecule has 4 nitrogen and oxygen atoms in total. The van der Waals surface area contributed by atoms with Crippen molar-refractivity contribution >= 4 is 11.4 Å². The summed E-state index contributed by atoms with van der Waals surface area (Å²) in [6.45, 7) is 1.59. The SMILES string of the molecule is COCCCNc1cccc(OC)c1N. The van der Waals surface area contributed by atoms with E-state index in [9.17, 15) is 0 Å². The second-order valence-electron chi connectivity index (χ2n) is 3.19. The molecule has 0 fully saturated rings. The van der Waals surface area contributed by atoms with Crippen molar-refractivity contribution in [3.8, 4) is 5.75 Å². The predicted molar refractivity (Wildman–Crippen MR) is 62.4 cm³/mol. The summed E-state index contributed by atoms with van der Waals surface area (Å²) < 4.78 is 10.1. The number of hydrogen-bond acceptors (Lipinski definition) is 4. The fourth-order valence-corrected chi connectivity index (χ4v) is 1.32. The molecule has 84 valence electrons. The van der Waals surface area contributed by atoms with Crippen molar-refractivity contribution in [2.24, 2.45) is 0 Å². The fourth-order valence-electron chi connectivity index (χ4n) is 1.32. The summed E-state index contributed by atoms with van der Waals surface area (Å²) in [5.41, 5.74) is 7.45. The van der Waals surface area contributed by atoms with Gasteiger partial charge in [0.15, 0.2) is 0 Å². The van der Waals surface area contributed by atoms with Crippen molar-refractivity contribution in [2.75, 3.05) is 38.4 Å². The summed E-state index contributed by atoms with van der Waals surface area (Å²) in [6, 6.07) is 5.69. The van der Waals surface area contributed by atoms with Crippen LogP contribution in [-0.2, 0) is 4.74 Å². The molecule has 0 saturated carbocycles. The first kappa shape index (κ1) is 11.7. The Bertz CT molecular complexity index is 303. The number of hydrogen-bond donors (Lipinski definition) is 2. The van der Waals surface area contributed by atoms with E-state index < -0.39 is 0 Å². The third-order valence-corrected chi connectivity index (χ3v) is 2.13. The van der Waals surface area contributed by atoms with Gasteiger partial charge in [0.2, 0.25) is 0 Å². The molecule has 0 spiro atoms. The summed E-state index contributed by atoms with van der Waals surface area (Å²) in [5, 5.41) is 3.24. The Morgan fingerprint density at radius 1 is 1.33 bits per heavy atom. The van der Waals surface area contributed by atoms with Crippen LogP contribution in [0.1, 0.15) is 6.42 Å². The molecule has 3 N–H and O–H groups in total. The highest BCUT2D eigenvalue weighted by molar-refractivity contribution is 5.72. The Labute approximate surface area is 90.4 Å². The second-order valence-corrected chi connectivity index (χ2v) is 3.19. The molecular weight excluding hydrogens is 192 g/mol. The van der Waals surface area contributed by atoms with Gasteiger partial charge in [-0.1, -0.05) is 6.07 Å². The van der Waals surface area contributed by atoms with Gasteiger partial charge < -0.3 is 20.5 Å². The average molecular weight is 210 g/mol. The molecule has 0 atom stereocenters. The lowest BCUT2D eigenvalue weighted by molar-refractivity contribution is 0.198. The second kappa shape index (κ2) is 6.14. The summed E-state index contributed by atoms with van der Waals surface area (Å²) in [7, 11) is 3.31. The Hall–Kier alpha value is -1.42. The minimum absolute atomic E-state index is 0.650. The van der Waals surface area contributed by atoms with Gasteiger partial charge in [0.25, 0.3) is 0 Å². The number of methoxy groups -OCH3 is 2. The molecule has 0 radical (unpaired) electrons. The van der Waals surface area contributed by atoms with Gasteiger partial charge in [-0.25, -0.2) is 0 Å². The van der Waals surface area contributed by atoms with Crippen LogP contribution in [0.25, 0.3) is 0 Å². The van der Waals surface area contributed by atoms with Gasteiger partial charge >= 0.3 is 0 Å². The van der Waals surface area contributed by atoms with Crippen molar-refractivity contribution in [2.45, 2.75) is 6.42 Å². The van der Waals surface area contributed by atoms with Crippen LogP contribution >= 0.6 is 0 Å². The first-order valence-corrected chi connectivity index (χ1v) is 4.95. The molecule has 0 aliphatic carbocycles. The van der Waals surface area contributed by atoms with Crippen LogP contribution in [0, 0.1) is 0 Å². The van der Waals surface area contributed by atoms with Gasteiger partial charge in [-0.2, -0.15) is 0 Å². The van der Waals surface area contributed by atoms with Crippen molar-refractivity contribution in [3.05, 3.63) is 18.2 Å². The normalized spacial score (nSPS) is 10.0. The van der Waals surface area contributed by atoms with E-state index in [4.69, 9.17) is 15.2 Å². The van der Waals surface area contributed by atoms with Gasteiger partial charge in [0.1, 0.15) is 5.75 Å². The highest BCUT2D eigenvalue weighted by Crippen LogP contribution is 2.28. The number of ether oxygens (including phenoxy) is 2. The number of nitrogen functional groups attached to an aromatic ring is 1.